The van der Waals surface area contributed by atoms with Gasteiger partial charge in [0.05, 0.1) is 11.3 Å². The predicted octanol–water partition coefficient (Wildman–Crippen LogP) is 2.56. The van der Waals surface area contributed by atoms with Crippen molar-refractivity contribution in [1.82, 2.24) is 0 Å². The largest absolute Gasteiger partial charge is 0.478 e. The highest BCUT2D eigenvalue weighted by Gasteiger charge is 2.18. The second-order valence-corrected chi connectivity index (χ2v) is 6.97. The Labute approximate surface area is 113 Å². The van der Waals surface area contributed by atoms with Gasteiger partial charge in [0, 0.05) is 0 Å². The van der Waals surface area contributed by atoms with Crippen LogP contribution in [0.1, 0.15) is 15.9 Å². The molecule has 0 spiro atoms. The van der Waals surface area contributed by atoms with E-state index in [1.165, 1.54) is 12.1 Å². The third kappa shape index (κ3) is 2.99. The van der Waals surface area contributed by atoms with Crippen LogP contribution in [-0.2, 0) is 15.6 Å². The van der Waals surface area contributed by atoms with Crippen LogP contribution in [0.25, 0.3) is 0 Å². The van der Waals surface area contributed by atoms with Crippen LogP contribution < -0.4 is 0 Å². The van der Waals surface area contributed by atoms with Crippen molar-refractivity contribution in [2.45, 2.75) is 9.96 Å². The lowest BCUT2D eigenvalue weighted by atomic mass is 10.1. The minimum Gasteiger partial charge on any atom is -0.478 e. The van der Waals surface area contributed by atoms with Gasteiger partial charge in [-0.15, -0.1) is 11.3 Å². The molecular weight excluding hydrogens is 291 g/mol. The molecule has 0 aliphatic carbocycles. The topological polar surface area (TPSA) is 71.4 Å². The lowest BCUT2D eigenvalue weighted by Crippen LogP contribution is -2.05. The molecule has 19 heavy (non-hydrogen) atoms. The second kappa shape index (κ2) is 5.10. The van der Waals surface area contributed by atoms with Crippen molar-refractivity contribution in [3.05, 3.63) is 52.7 Å². The molecule has 4 nitrogen and oxygen atoms in total. The van der Waals surface area contributed by atoms with Crippen molar-refractivity contribution in [3.8, 4) is 0 Å². The molecule has 0 fully saturated rings. The first-order valence-electron chi connectivity index (χ1n) is 5.18. The number of carboxylic acid groups (broad SMARTS) is 1. The third-order valence-corrected chi connectivity index (χ3v) is 5.60. The van der Waals surface area contributed by atoms with Crippen molar-refractivity contribution in [1.29, 1.82) is 0 Å². The van der Waals surface area contributed by atoms with Gasteiger partial charge in [0.1, 0.15) is 10.0 Å². The standard InChI is InChI=1S/C12H9FO4S2/c13-10-6-8(3-4-9(10)12(14)15)7-19(16,17)11-2-1-5-18-11/h1-6H,7H2,(H,14,15). The first-order chi connectivity index (χ1) is 8.90. The normalized spacial score (nSPS) is 11.4. The Morgan fingerprint density at radius 2 is 2.05 bits per heavy atom. The molecule has 1 N–H and O–H groups in total. The van der Waals surface area contributed by atoms with Gasteiger partial charge in [-0.2, -0.15) is 0 Å². The maximum Gasteiger partial charge on any atom is 0.338 e. The molecule has 0 saturated carbocycles. The van der Waals surface area contributed by atoms with Crippen molar-refractivity contribution in [3.63, 3.8) is 0 Å². The van der Waals surface area contributed by atoms with E-state index in [-0.39, 0.29) is 15.5 Å². The highest BCUT2D eigenvalue weighted by Crippen LogP contribution is 2.22. The SMILES string of the molecule is O=C(O)c1ccc(CS(=O)(=O)c2cccs2)cc1F. The van der Waals surface area contributed by atoms with E-state index in [1.807, 2.05) is 0 Å². The summed E-state index contributed by atoms with van der Waals surface area (Å²) in [6.07, 6.45) is 0. The highest BCUT2D eigenvalue weighted by molar-refractivity contribution is 7.92. The monoisotopic (exact) mass is 300 g/mol. The summed E-state index contributed by atoms with van der Waals surface area (Å²) in [6.45, 7) is 0. The fourth-order valence-corrected chi connectivity index (χ4v) is 3.98. The van der Waals surface area contributed by atoms with Crippen LogP contribution >= 0.6 is 11.3 Å². The summed E-state index contributed by atoms with van der Waals surface area (Å²) >= 11 is 1.09. The van der Waals surface area contributed by atoms with Gasteiger partial charge >= 0.3 is 5.97 Å². The summed E-state index contributed by atoms with van der Waals surface area (Å²) in [7, 11) is -3.52. The maximum atomic E-state index is 13.4. The molecule has 100 valence electrons. The number of rotatable bonds is 4. The molecular formula is C12H9FO4S2. The molecule has 0 unspecified atom stereocenters. The third-order valence-electron chi connectivity index (χ3n) is 2.42. The Hall–Kier alpha value is -1.73. The van der Waals surface area contributed by atoms with Crippen LogP contribution in [0.15, 0.2) is 39.9 Å². The summed E-state index contributed by atoms with van der Waals surface area (Å²) in [6, 6.07) is 6.40. The molecule has 2 rings (SSSR count). The number of halogens is 1. The Morgan fingerprint density at radius 1 is 1.32 bits per heavy atom. The Bertz CT molecular complexity index is 705. The average Bonchev–Trinajstić information content (AvgIpc) is 2.81. The van der Waals surface area contributed by atoms with Crippen LogP contribution in [0.5, 0.6) is 0 Å². The van der Waals surface area contributed by atoms with Gasteiger partial charge in [0.25, 0.3) is 0 Å². The zero-order valence-electron chi connectivity index (χ0n) is 9.54. The van der Waals surface area contributed by atoms with Gasteiger partial charge in [-0.25, -0.2) is 17.6 Å². The van der Waals surface area contributed by atoms with Crippen molar-refractivity contribution in [2.24, 2.45) is 0 Å². The highest BCUT2D eigenvalue weighted by atomic mass is 32.2. The fourth-order valence-electron chi connectivity index (χ4n) is 1.55. The van der Waals surface area contributed by atoms with Crippen molar-refractivity contribution >= 4 is 27.1 Å². The van der Waals surface area contributed by atoms with E-state index in [2.05, 4.69) is 0 Å². The molecule has 0 atom stereocenters. The van der Waals surface area contributed by atoms with Gasteiger partial charge in [-0.3, -0.25) is 0 Å². The molecule has 0 radical (unpaired) electrons. The van der Waals surface area contributed by atoms with Crippen LogP contribution in [-0.4, -0.2) is 19.5 Å². The zero-order valence-corrected chi connectivity index (χ0v) is 11.2. The Morgan fingerprint density at radius 3 is 2.58 bits per heavy atom. The van der Waals surface area contributed by atoms with Gasteiger partial charge in [-0.1, -0.05) is 12.1 Å². The number of thiophene rings is 1. The van der Waals surface area contributed by atoms with Crippen LogP contribution in [0.2, 0.25) is 0 Å². The lowest BCUT2D eigenvalue weighted by Gasteiger charge is -2.04. The second-order valence-electron chi connectivity index (χ2n) is 3.81. The van der Waals surface area contributed by atoms with E-state index in [9.17, 15) is 17.6 Å². The van der Waals surface area contributed by atoms with E-state index in [0.717, 1.165) is 23.5 Å². The van der Waals surface area contributed by atoms with E-state index in [4.69, 9.17) is 5.11 Å². The molecule has 0 bridgehead atoms. The summed E-state index contributed by atoms with van der Waals surface area (Å²) in [5.41, 5.74) is -0.256. The molecule has 2 aromatic rings. The Balaban J connectivity index is 2.30. The molecule has 1 aromatic carbocycles. The van der Waals surface area contributed by atoms with E-state index in [0.29, 0.717) is 0 Å². The first kappa shape index (κ1) is 13.7. The minimum atomic E-state index is -3.52. The predicted molar refractivity (Wildman–Crippen MR) is 68.6 cm³/mol. The molecule has 1 aromatic heterocycles. The van der Waals surface area contributed by atoms with E-state index >= 15 is 0 Å². The number of aromatic carboxylic acids is 1. The zero-order chi connectivity index (χ0) is 14.0. The summed E-state index contributed by atoms with van der Waals surface area (Å²) in [5.74, 6) is -2.68. The summed E-state index contributed by atoms with van der Waals surface area (Å²) in [5, 5.41) is 10.3. The average molecular weight is 300 g/mol. The Kier molecular flexibility index (Phi) is 3.68. The lowest BCUT2D eigenvalue weighted by molar-refractivity contribution is 0.0692. The number of benzene rings is 1. The minimum absolute atomic E-state index is 0.204. The summed E-state index contributed by atoms with van der Waals surface area (Å²) in [4.78, 5) is 10.6. The summed E-state index contributed by atoms with van der Waals surface area (Å²) < 4.78 is 37.6. The van der Waals surface area contributed by atoms with E-state index in [1.54, 1.807) is 11.4 Å². The number of hydrogen-bond acceptors (Lipinski definition) is 4. The van der Waals surface area contributed by atoms with Gasteiger partial charge in [0.15, 0.2) is 9.84 Å². The fraction of sp³-hybridized carbons (Fsp3) is 0.0833. The van der Waals surface area contributed by atoms with Crippen molar-refractivity contribution < 1.29 is 22.7 Å². The molecule has 0 aliphatic heterocycles. The van der Waals surface area contributed by atoms with Crippen LogP contribution in [0.4, 0.5) is 4.39 Å². The van der Waals surface area contributed by atoms with Gasteiger partial charge in [-0.05, 0) is 29.1 Å². The first-order valence-corrected chi connectivity index (χ1v) is 7.71. The van der Waals surface area contributed by atoms with E-state index < -0.39 is 27.2 Å². The quantitative estimate of drug-likeness (QED) is 0.942. The number of carbonyl (C=O) groups is 1. The van der Waals surface area contributed by atoms with Gasteiger partial charge < -0.3 is 5.11 Å². The molecule has 1 heterocycles. The molecule has 0 amide bonds. The molecule has 7 heteroatoms. The van der Waals surface area contributed by atoms with Crippen LogP contribution in [0.3, 0.4) is 0 Å². The molecule has 0 aliphatic rings. The molecule has 0 saturated heterocycles. The number of hydrogen-bond donors (Lipinski definition) is 1. The maximum absolute atomic E-state index is 13.4. The van der Waals surface area contributed by atoms with Crippen LogP contribution in [0, 0.1) is 5.82 Å². The van der Waals surface area contributed by atoms with Gasteiger partial charge in [0.2, 0.25) is 0 Å². The van der Waals surface area contributed by atoms with Crippen molar-refractivity contribution in [2.75, 3.05) is 0 Å². The smallest absolute Gasteiger partial charge is 0.338 e. The number of sulfone groups is 1. The number of carboxylic acids is 1.